The molecule has 4 heteroatoms. The first-order chi connectivity index (χ1) is 8.88. The fraction of sp³-hybridized carbons (Fsp3) is 0.533. The molecule has 0 radical (unpaired) electrons. The van der Waals surface area contributed by atoms with Crippen molar-refractivity contribution >= 4 is 27.6 Å². The van der Waals surface area contributed by atoms with Crippen LogP contribution in [0.15, 0.2) is 28.7 Å². The summed E-state index contributed by atoms with van der Waals surface area (Å²) in [5.41, 5.74) is 1.20. The van der Waals surface area contributed by atoms with Gasteiger partial charge in [-0.25, -0.2) is 0 Å². The Labute approximate surface area is 122 Å². The fourth-order valence-corrected chi connectivity index (χ4v) is 3.46. The number of nitrogens with zero attached hydrogens (tertiary/aromatic N) is 1. The molecule has 0 spiro atoms. The lowest BCUT2D eigenvalue weighted by Crippen LogP contribution is -2.50. The lowest BCUT2D eigenvalue weighted by Gasteiger charge is -2.47. The van der Waals surface area contributed by atoms with E-state index < -0.39 is 5.97 Å². The lowest BCUT2D eigenvalue weighted by molar-refractivity contribution is -0.138. The van der Waals surface area contributed by atoms with Gasteiger partial charge in [-0.2, -0.15) is 0 Å². The van der Waals surface area contributed by atoms with Crippen LogP contribution in [0.5, 0.6) is 0 Å². The molecule has 0 saturated carbocycles. The number of hydrogen-bond acceptors (Lipinski definition) is 2. The van der Waals surface area contributed by atoms with Crippen LogP contribution in [0.3, 0.4) is 0 Å². The molecule has 1 aromatic carbocycles. The predicted molar refractivity (Wildman–Crippen MR) is 80.5 cm³/mol. The molecule has 1 unspecified atom stereocenters. The number of benzene rings is 1. The van der Waals surface area contributed by atoms with Gasteiger partial charge in [-0.15, -0.1) is 0 Å². The van der Waals surface area contributed by atoms with Gasteiger partial charge in [0.25, 0.3) is 0 Å². The molecule has 19 heavy (non-hydrogen) atoms. The normalized spacial score (nSPS) is 22.3. The molecule has 1 aliphatic rings. The zero-order valence-corrected chi connectivity index (χ0v) is 13.0. The van der Waals surface area contributed by atoms with E-state index >= 15 is 0 Å². The molecule has 1 aromatic rings. The Bertz CT molecular complexity index is 473. The molecule has 0 aliphatic carbocycles. The zero-order valence-electron chi connectivity index (χ0n) is 11.4. The second-order valence-corrected chi connectivity index (χ2v) is 6.82. The standard InChI is InChI=1S/C15H20BrNO2/c1-15(2)10-11(8-14(18)19)6-7-17(15)13-5-3-4-12(16)9-13/h3-5,9,11H,6-8,10H2,1-2H3,(H,18,19). The van der Waals surface area contributed by atoms with E-state index in [4.69, 9.17) is 5.11 Å². The van der Waals surface area contributed by atoms with Gasteiger partial charge in [0.15, 0.2) is 0 Å². The average Bonchev–Trinajstić information content (AvgIpc) is 2.26. The van der Waals surface area contributed by atoms with Crippen LogP contribution in [0.4, 0.5) is 5.69 Å². The molecule has 1 fully saturated rings. The molecular formula is C15H20BrNO2. The number of carbonyl (C=O) groups is 1. The summed E-state index contributed by atoms with van der Waals surface area (Å²) >= 11 is 3.51. The van der Waals surface area contributed by atoms with Crippen LogP contribution in [-0.4, -0.2) is 23.2 Å². The minimum Gasteiger partial charge on any atom is -0.481 e. The summed E-state index contributed by atoms with van der Waals surface area (Å²) in [5.74, 6) is -0.396. The van der Waals surface area contributed by atoms with Crippen molar-refractivity contribution in [1.82, 2.24) is 0 Å². The minimum atomic E-state index is -0.684. The maximum Gasteiger partial charge on any atom is 0.303 e. The molecule has 104 valence electrons. The number of piperidine rings is 1. The maximum absolute atomic E-state index is 10.9. The van der Waals surface area contributed by atoms with Crippen molar-refractivity contribution in [1.29, 1.82) is 0 Å². The summed E-state index contributed by atoms with van der Waals surface area (Å²) in [5, 5.41) is 8.94. The fourth-order valence-electron chi connectivity index (χ4n) is 3.08. The minimum absolute atomic E-state index is 0.000833. The van der Waals surface area contributed by atoms with Crippen molar-refractivity contribution in [3.8, 4) is 0 Å². The van der Waals surface area contributed by atoms with Crippen LogP contribution < -0.4 is 4.90 Å². The first-order valence-electron chi connectivity index (χ1n) is 6.63. The number of hydrogen-bond donors (Lipinski definition) is 1. The van der Waals surface area contributed by atoms with Crippen molar-refractivity contribution < 1.29 is 9.90 Å². The smallest absolute Gasteiger partial charge is 0.303 e. The molecule has 0 bridgehead atoms. The third kappa shape index (κ3) is 3.50. The van der Waals surface area contributed by atoms with Gasteiger partial charge in [0, 0.05) is 28.7 Å². The quantitative estimate of drug-likeness (QED) is 0.915. The summed E-state index contributed by atoms with van der Waals surface area (Å²) in [6.07, 6.45) is 2.16. The van der Waals surface area contributed by atoms with Gasteiger partial charge in [-0.05, 0) is 50.8 Å². The number of aliphatic carboxylic acids is 1. The first kappa shape index (κ1) is 14.4. The summed E-state index contributed by atoms with van der Waals surface area (Å²) in [7, 11) is 0. The second kappa shape index (κ2) is 5.53. The molecule has 1 N–H and O–H groups in total. The Morgan fingerprint density at radius 1 is 1.53 bits per heavy atom. The number of carboxylic acid groups (broad SMARTS) is 1. The molecule has 3 nitrogen and oxygen atoms in total. The van der Waals surface area contributed by atoms with Crippen LogP contribution in [-0.2, 0) is 4.79 Å². The van der Waals surface area contributed by atoms with Crippen molar-refractivity contribution in [3.63, 3.8) is 0 Å². The monoisotopic (exact) mass is 325 g/mol. The van der Waals surface area contributed by atoms with E-state index in [-0.39, 0.29) is 17.9 Å². The number of anilines is 1. The molecule has 0 aromatic heterocycles. The zero-order chi connectivity index (χ0) is 14.0. The van der Waals surface area contributed by atoms with Crippen LogP contribution in [0, 0.1) is 5.92 Å². The highest BCUT2D eigenvalue weighted by Gasteiger charge is 2.35. The molecule has 1 saturated heterocycles. The maximum atomic E-state index is 10.9. The Morgan fingerprint density at radius 2 is 2.26 bits per heavy atom. The first-order valence-corrected chi connectivity index (χ1v) is 7.43. The molecular weight excluding hydrogens is 306 g/mol. The van der Waals surface area contributed by atoms with Crippen LogP contribution in [0.2, 0.25) is 0 Å². The Balaban J connectivity index is 2.14. The largest absolute Gasteiger partial charge is 0.481 e. The van der Waals surface area contributed by atoms with E-state index in [0.29, 0.717) is 0 Å². The highest BCUT2D eigenvalue weighted by atomic mass is 79.9. The molecule has 0 amide bonds. The summed E-state index contributed by atoms with van der Waals surface area (Å²) in [4.78, 5) is 13.2. The van der Waals surface area contributed by atoms with E-state index in [1.165, 1.54) is 5.69 Å². The van der Waals surface area contributed by atoms with Gasteiger partial charge in [-0.1, -0.05) is 22.0 Å². The van der Waals surface area contributed by atoms with E-state index in [9.17, 15) is 4.79 Å². The van der Waals surface area contributed by atoms with E-state index in [2.05, 4.69) is 46.8 Å². The summed E-state index contributed by atoms with van der Waals surface area (Å²) in [6, 6.07) is 8.30. The van der Waals surface area contributed by atoms with Gasteiger partial charge in [0.1, 0.15) is 0 Å². The number of halogens is 1. The number of carboxylic acids is 1. The Kier molecular flexibility index (Phi) is 4.19. The molecule has 1 atom stereocenters. The van der Waals surface area contributed by atoms with Crippen LogP contribution in [0.1, 0.15) is 33.1 Å². The lowest BCUT2D eigenvalue weighted by atomic mass is 9.80. The van der Waals surface area contributed by atoms with Crippen molar-refractivity contribution in [2.24, 2.45) is 5.92 Å². The van der Waals surface area contributed by atoms with E-state index in [1.807, 2.05) is 12.1 Å². The molecule has 1 heterocycles. The van der Waals surface area contributed by atoms with E-state index in [1.54, 1.807) is 0 Å². The third-order valence-electron chi connectivity index (χ3n) is 3.86. The predicted octanol–water partition coefficient (Wildman–Crippen LogP) is 3.92. The van der Waals surface area contributed by atoms with E-state index in [0.717, 1.165) is 23.9 Å². The van der Waals surface area contributed by atoms with Crippen molar-refractivity contribution in [2.75, 3.05) is 11.4 Å². The van der Waals surface area contributed by atoms with Crippen LogP contribution in [0.25, 0.3) is 0 Å². The Morgan fingerprint density at radius 3 is 2.84 bits per heavy atom. The van der Waals surface area contributed by atoms with Gasteiger partial charge < -0.3 is 10.0 Å². The van der Waals surface area contributed by atoms with Gasteiger partial charge in [0.05, 0.1) is 0 Å². The Hall–Kier alpha value is -1.03. The highest BCUT2D eigenvalue weighted by molar-refractivity contribution is 9.10. The van der Waals surface area contributed by atoms with Gasteiger partial charge >= 0.3 is 5.97 Å². The molecule has 1 aliphatic heterocycles. The third-order valence-corrected chi connectivity index (χ3v) is 4.36. The highest BCUT2D eigenvalue weighted by Crippen LogP contribution is 2.37. The average molecular weight is 326 g/mol. The van der Waals surface area contributed by atoms with Crippen molar-refractivity contribution in [2.45, 2.75) is 38.6 Å². The SMILES string of the molecule is CC1(C)CC(CC(=O)O)CCN1c1cccc(Br)c1. The number of rotatable bonds is 3. The van der Waals surface area contributed by atoms with Crippen molar-refractivity contribution in [3.05, 3.63) is 28.7 Å². The van der Waals surface area contributed by atoms with Gasteiger partial charge in [-0.3, -0.25) is 4.79 Å². The van der Waals surface area contributed by atoms with Gasteiger partial charge in [0.2, 0.25) is 0 Å². The molecule has 2 rings (SSSR count). The summed E-state index contributed by atoms with van der Waals surface area (Å²) < 4.78 is 1.08. The van der Waals surface area contributed by atoms with Crippen LogP contribution >= 0.6 is 15.9 Å². The second-order valence-electron chi connectivity index (χ2n) is 5.90. The summed E-state index contributed by atoms with van der Waals surface area (Å²) in [6.45, 7) is 5.31. The topological polar surface area (TPSA) is 40.5 Å².